The Bertz CT molecular complexity index is 298. The third-order valence-electron chi connectivity index (χ3n) is 3.29. The lowest BCUT2D eigenvalue weighted by atomic mass is 9.95. The summed E-state index contributed by atoms with van der Waals surface area (Å²) in [6.45, 7) is 5.41. The van der Waals surface area contributed by atoms with E-state index in [1.54, 1.807) is 13.8 Å². The average molecular weight is 298 g/mol. The van der Waals surface area contributed by atoms with Crippen molar-refractivity contribution < 1.29 is 23.1 Å². The van der Waals surface area contributed by atoms with Gasteiger partial charge in [-0.3, -0.25) is 9.69 Å². The van der Waals surface area contributed by atoms with E-state index in [0.717, 1.165) is 0 Å². The fourth-order valence-electron chi connectivity index (χ4n) is 2.08. The summed E-state index contributed by atoms with van der Waals surface area (Å²) in [5.74, 6) is -0.929. The van der Waals surface area contributed by atoms with E-state index in [-0.39, 0.29) is 0 Å². The van der Waals surface area contributed by atoms with E-state index in [1.165, 1.54) is 4.90 Å². The van der Waals surface area contributed by atoms with Crippen molar-refractivity contribution in [2.75, 3.05) is 26.2 Å². The molecule has 20 heavy (non-hydrogen) atoms. The van der Waals surface area contributed by atoms with Crippen LogP contribution in [0.2, 0.25) is 0 Å². The fraction of sp³-hybridized carbons (Fsp3) is 0.923. The molecule has 1 atom stereocenters. The maximum absolute atomic E-state index is 12.3. The summed E-state index contributed by atoms with van der Waals surface area (Å²) in [6.07, 6.45) is -2.66. The molecule has 0 radical (unpaired) electrons. The number of alkyl halides is 3. The maximum atomic E-state index is 12.3. The second kappa shape index (κ2) is 8.46. The number of hydrogen-bond donors (Lipinski definition) is 2. The second-order valence-corrected chi connectivity index (χ2v) is 5.11. The molecule has 0 amide bonds. The Morgan fingerprint density at radius 2 is 1.85 bits per heavy atom. The molecule has 1 unspecified atom stereocenters. The first-order valence-corrected chi connectivity index (χ1v) is 6.92. The largest absolute Gasteiger partial charge is 0.480 e. The highest BCUT2D eigenvalue weighted by molar-refractivity contribution is 5.78. The minimum Gasteiger partial charge on any atom is -0.480 e. The van der Waals surface area contributed by atoms with E-state index in [0.29, 0.717) is 38.9 Å². The lowest BCUT2D eigenvalue weighted by Crippen LogP contribution is -2.49. The van der Waals surface area contributed by atoms with Crippen molar-refractivity contribution in [2.24, 2.45) is 0 Å². The second-order valence-electron chi connectivity index (χ2n) is 5.11. The number of hydrogen-bond acceptors (Lipinski definition) is 3. The standard InChI is InChI=1S/C13H25F3N2O2/c1-4-17-12(3,11(19)20)8-6-7-9-18(5-2)10-13(14,15)16/h17H,4-10H2,1-3H3,(H,19,20). The molecule has 0 heterocycles. The Balaban J connectivity index is 4.13. The summed E-state index contributed by atoms with van der Waals surface area (Å²) in [4.78, 5) is 12.5. The van der Waals surface area contributed by atoms with Crippen LogP contribution in [0.5, 0.6) is 0 Å². The van der Waals surface area contributed by atoms with Crippen LogP contribution in [-0.2, 0) is 4.79 Å². The van der Waals surface area contributed by atoms with Crippen LogP contribution in [0.3, 0.4) is 0 Å². The van der Waals surface area contributed by atoms with Gasteiger partial charge in [0.05, 0.1) is 6.54 Å². The van der Waals surface area contributed by atoms with Gasteiger partial charge >= 0.3 is 12.1 Å². The van der Waals surface area contributed by atoms with E-state index < -0.39 is 24.2 Å². The first kappa shape index (κ1) is 19.2. The Kier molecular flexibility index (Phi) is 8.12. The Labute approximate surface area is 118 Å². The van der Waals surface area contributed by atoms with Crippen LogP contribution >= 0.6 is 0 Å². The van der Waals surface area contributed by atoms with E-state index in [4.69, 9.17) is 5.11 Å². The molecule has 120 valence electrons. The van der Waals surface area contributed by atoms with Gasteiger partial charge in [-0.1, -0.05) is 13.8 Å². The maximum Gasteiger partial charge on any atom is 0.401 e. The molecule has 0 aliphatic heterocycles. The molecular weight excluding hydrogens is 273 g/mol. The minimum atomic E-state index is -4.19. The Hall–Kier alpha value is -0.820. The van der Waals surface area contributed by atoms with E-state index >= 15 is 0 Å². The minimum absolute atomic E-state index is 0.331. The summed E-state index contributed by atoms with van der Waals surface area (Å²) >= 11 is 0. The van der Waals surface area contributed by atoms with Crippen LogP contribution in [0, 0.1) is 0 Å². The molecule has 0 fully saturated rings. The zero-order chi connectivity index (χ0) is 15.8. The average Bonchev–Trinajstić information content (AvgIpc) is 2.31. The third-order valence-corrected chi connectivity index (χ3v) is 3.29. The predicted octanol–water partition coefficient (Wildman–Crippen LogP) is 2.49. The van der Waals surface area contributed by atoms with Gasteiger partial charge in [-0.2, -0.15) is 13.2 Å². The van der Waals surface area contributed by atoms with Gasteiger partial charge < -0.3 is 10.4 Å². The summed E-state index contributed by atoms with van der Waals surface area (Å²) < 4.78 is 36.8. The van der Waals surface area contributed by atoms with Crippen molar-refractivity contribution in [3.05, 3.63) is 0 Å². The van der Waals surface area contributed by atoms with Gasteiger partial charge in [0.25, 0.3) is 0 Å². The molecule has 0 aromatic rings. The van der Waals surface area contributed by atoms with Crippen LogP contribution in [-0.4, -0.2) is 53.9 Å². The quantitative estimate of drug-likeness (QED) is 0.608. The van der Waals surface area contributed by atoms with Crippen molar-refractivity contribution in [1.82, 2.24) is 10.2 Å². The van der Waals surface area contributed by atoms with E-state index in [9.17, 15) is 18.0 Å². The molecule has 4 nitrogen and oxygen atoms in total. The zero-order valence-electron chi connectivity index (χ0n) is 12.4. The number of rotatable bonds is 10. The molecular formula is C13H25F3N2O2. The predicted molar refractivity (Wildman–Crippen MR) is 71.7 cm³/mol. The monoisotopic (exact) mass is 298 g/mol. The summed E-state index contributed by atoms with van der Waals surface area (Å²) in [5.41, 5.74) is -1.00. The number of unbranched alkanes of at least 4 members (excludes halogenated alkanes) is 1. The number of halogens is 3. The number of nitrogens with zero attached hydrogens (tertiary/aromatic N) is 1. The SMILES string of the molecule is CCNC(C)(CCCCN(CC)CC(F)(F)F)C(=O)O. The zero-order valence-corrected chi connectivity index (χ0v) is 12.4. The van der Waals surface area contributed by atoms with Crippen LogP contribution < -0.4 is 5.32 Å². The van der Waals surface area contributed by atoms with Crippen molar-refractivity contribution in [2.45, 2.75) is 51.7 Å². The van der Waals surface area contributed by atoms with Gasteiger partial charge in [0.15, 0.2) is 0 Å². The molecule has 0 bridgehead atoms. The van der Waals surface area contributed by atoms with Crippen LogP contribution in [0.15, 0.2) is 0 Å². The van der Waals surface area contributed by atoms with Crippen LogP contribution in [0.4, 0.5) is 13.2 Å². The highest BCUT2D eigenvalue weighted by atomic mass is 19.4. The smallest absolute Gasteiger partial charge is 0.401 e. The third kappa shape index (κ3) is 7.69. The molecule has 7 heteroatoms. The van der Waals surface area contributed by atoms with E-state index in [1.807, 2.05) is 6.92 Å². The van der Waals surface area contributed by atoms with Gasteiger partial charge in [-0.05, 0) is 45.8 Å². The number of aliphatic carboxylic acids is 1. The lowest BCUT2D eigenvalue weighted by Gasteiger charge is -2.26. The lowest BCUT2D eigenvalue weighted by molar-refractivity contribution is -0.145. The molecule has 0 saturated carbocycles. The Morgan fingerprint density at radius 3 is 2.25 bits per heavy atom. The van der Waals surface area contributed by atoms with Crippen molar-refractivity contribution >= 4 is 5.97 Å². The first-order chi connectivity index (χ1) is 9.14. The van der Waals surface area contributed by atoms with E-state index in [2.05, 4.69) is 5.32 Å². The molecule has 0 aliphatic carbocycles. The molecule has 0 rings (SSSR count). The van der Waals surface area contributed by atoms with Gasteiger partial charge in [-0.25, -0.2) is 0 Å². The number of nitrogens with one attached hydrogen (secondary N) is 1. The number of carboxylic acid groups (broad SMARTS) is 1. The number of carboxylic acids is 1. The fourth-order valence-corrected chi connectivity index (χ4v) is 2.08. The molecule has 0 aliphatic rings. The number of likely N-dealkylation sites (N-methyl/N-ethyl adjacent to an activating group) is 1. The van der Waals surface area contributed by atoms with Crippen molar-refractivity contribution in [3.63, 3.8) is 0 Å². The van der Waals surface area contributed by atoms with Crippen molar-refractivity contribution in [1.29, 1.82) is 0 Å². The van der Waals surface area contributed by atoms with Gasteiger partial charge in [-0.15, -0.1) is 0 Å². The molecule has 0 aromatic carbocycles. The molecule has 2 N–H and O–H groups in total. The molecule has 0 spiro atoms. The van der Waals surface area contributed by atoms with Gasteiger partial charge in [0, 0.05) is 0 Å². The topological polar surface area (TPSA) is 52.6 Å². The normalized spacial score (nSPS) is 15.3. The molecule has 0 saturated heterocycles. The number of carbonyl (C=O) groups is 1. The summed E-state index contributed by atoms with van der Waals surface area (Å²) in [5, 5.41) is 12.1. The highest BCUT2D eigenvalue weighted by Crippen LogP contribution is 2.18. The van der Waals surface area contributed by atoms with Gasteiger partial charge in [0.1, 0.15) is 5.54 Å². The Morgan fingerprint density at radius 1 is 1.25 bits per heavy atom. The summed E-state index contributed by atoms with van der Waals surface area (Å²) in [6, 6.07) is 0. The van der Waals surface area contributed by atoms with Crippen LogP contribution in [0.1, 0.15) is 40.0 Å². The highest BCUT2D eigenvalue weighted by Gasteiger charge is 2.32. The van der Waals surface area contributed by atoms with Crippen molar-refractivity contribution in [3.8, 4) is 0 Å². The summed E-state index contributed by atoms with van der Waals surface area (Å²) in [7, 11) is 0. The first-order valence-electron chi connectivity index (χ1n) is 6.92. The van der Waals surface area contributed by atoms with Crippen LogP contribution in [0.25, 0.3) is 0 Å². The van der Waals surface area contributed by atoms with Gasteiger partial charge in [0.2, 0.25) is 0 Å². The molecule has 0 aromatic heterocycles.